The monoisotopic (exact) mass is 543 g/mol. The molecule has 6 aromatic carbocycles. The zero-order valence-electron chi connectivity index (χ0n) is 22.2. The summed E-state index contributed by atoms with van der Waals surface area (Å²) in [5.41, 5.74) is 7.49. The van der Waals surface area contributed by atoms with Gasteiger partial charge in [-0.25, -0.2) is 9.97 Å². The van der Waals surface area contributed by atoms with Crippen molar-refractivity contribution < 1.29 is 0 Å². The molecule has 8 rings (SSSR count). The van der Waals surface area contributed by atoms with Crippen LogP contribution in [0.1, 0.15) is 10.9 Å². The number of hydrogen-bond acceptors (Lipinski definition) is 4. The molecule has 1 aliphatic heterocycles. The minimum atomic E-state index is 0.205. The maximum Gasteiger partial charge on any atom is 0.160 e. The summed E-state index contributed by atoms with van der Waals surface area (Å²) in [6.45, 7) is 0. The van der Waals surface area contributed by atoms with Gasteiger partial charge in [-0.3, -0.25) is 0 Å². The number of thioether (sulfide) groups is 1. The van der Waals surface area contributed by atoms with Gasteiger partial charge < -0.3 is 5.32 Å². The molecule has 0 fully saturated rings. The highest BCUT2D eigenvalue weighted by atomic mass is 32.2. The number of nitrogens with zero attached hydrogens (tertiary/aromatic N) is 2. The number of hydrogen-bond donors (Lipinski definition) is 1. The van der Waals surface area contributed by atoms with Crippen LogP contribution in [-0.4, -0.2) is 9.97 Å². The van der Waals surface area contributed by atoms with Crippen molar-refractivity contribution >= 4 is 39.0 Å². The first-order valence-electron chi connectivity index (χ1n) is 13.8. The van der Waals surface area contributed by atoms with E-state index in [1.54, 1.807) is 0 Å². The van der Waals surface area contributed by atoms with E-state index in [1.165, 1.54) is 37.7 Å². The lowest BCUT2D eigenvalue weighted by Crippen LogP contribution is -2.01. The molecule has 1 aliphatic rings. The molecule has 1 aromatic heterocycles. The highest BCUT2D eigenvalue weighted by Gasteiger charge is 2.25. The summed E-state index contributed by atoms with van der Waals surface area (Å²) < 4.78 is 0. The molecule has 0 amide bonds. The lowest BCUT2D eigenvalue weighted by Gasteiger charge is -2.13. The van der Waals surface area contributed by atoms with Gasteiger partial charge in [0.1, 0.15) is 5.37 Å². The number of fused-ring (bicyclic) bond motifs is 5. The molecule has 41 heavy (non-hydrogen) atoms. The second-order valence-electron chi connectivity index (χ2n) is 10.3. The molecule has 2 heterocycles. The molecule has 7 aromatic rings. The molecule has 1 unspecified atom stereocenters. The number of benzene rings is 6. The first-order valence-corrected chi connectivity index (χ1v) is 14.7. The predicted molar refractivity (Wildman–Crippen MR) is 172 cm³/mol. The Morgan fingerprint density at radius 3 is 1.83 bits per heavy atom. The Labute approximate surface area is 242 Å². The van der Waals surface area contributed by atoms with Gasteiger partial charge in [-0.2, -0.15) is 0 Å². The second-order valence-corrected chi connectivity index (χ2v) is 11.4. The second kappa shape index (κ2) is 9.92. The zero-order chi connectivity index (χ0) is 27.2. The molecule has 0 saturated carbocycles. The first-order chi connectivity index (χ1) is 20.3. The average Bonchev–Trinajstić information content (AvgIpc) is 3.50. The van der Waals surface area contributed by atoms with Gasteiger partial charge in [0.25, 0.3) is 0 Å². The van der Waals surface area contributed by atoms with E-state index in [4.69, 9.17) is 9.97 Å². The molecule has 1 N–H and O–H groups in total. The minimum absolute atomic E-state index is 0.205. The van der Waals surface area contributed by atoms with Gasteiger partial charge in [0.2, 0.25) is 0 Å². The van der Waals surface area contributed by atoms with E-state index in [0.29, 0.717) is 0 Å². The number of aromatic nitrogens is 2. The van der Waals surface area contributed by atoms with Gasteiger partial charge in [0.05, 0.1) is 17.1 Å². The van der Waals surface area contributed by atoms with Gasteiger partial charge in [-0.05, 0) is 39.9 Å². The molecule has 0 bridgehead atoms. The Morgan fingerprint density at radius 2 is 1.15 bits per heavy atom. The van der Waals surface area contributed by atoms with Crippen molar-refractivity contribution in [3.63, 3.8) is 0 Å². The maximum absolute atomic E-state index is 5.04. The van der Waals surface area contributed by atoms with Crippen molar-refractivity contribution in [1.29, 1.82) is 0 Å². The van der Waals surface area contributed by atoms with Crippen molar-refractivity contribution in [1.82, 2.24) is 9.97 Å². The third kappa shape index (κ3) is 4.33. The van der Waals surface area contributed by atoms with E-state index in [-0.39, 0.29) is 5.37 Å². The molecule has 0 spiro atoms. The average molecular weight is 544 g/mol. The van der Waals surface area contributed by atoms with Crippen LogP contribution in [0.4, 0.5) is 5.69 Å². The van der Waals surface area contributed by atoms with E-state index >= 15 is 0 Å². The van der Waals surface area contributed by atoms with Crippen LogP contribution in [0.5, 0.6) is 0 Å². The molecule has 3 nitrogen and oxygen atoms in total. The topological polar surface area (TPSA) is 37.8 Å². The van der Waals surface area contributed by atoms with E-state index in [1.807, 2.05) is 48.2 Å². The molecular formula is C37H25N3S. The van der Waals surface area contributed by atoms with Crippen molar-refractivity contribution in [3.05, 3.63) is 145 Å². The minimum Gasteiger partial charge on any atom is -0.368 e. The van der Waals surface area contributed by atoms with Crippen LogP contribution >= 0.6 is 11.8 Å². The summed E-state index contributed by atoms with van der Waals surface area (Å²) >= 11 is 1.88. The van der Waals surface area contributed by atoms with Gasteiger partial charge in [-0.15, -0.1) is 0 Å². The van der Waals surface area contributed by atoms with Crippen LogP contribution in [0.25, 0.3) is 55.4 Å². The van der Waals surface area contributed by atoms with E-state index < -0.39 is 0 Å². The smallest absolute Gasteiger partial charge is 0.160 e. The summed E-state index contributed by atoms with van der Waals surface area (Å²) in [5, 5.41) is 8.93. The third-order valence-corrected chi connectivity index (χ3v) is 8.93. The standard InChI is InChI=1S/C37H25N3S/c1-4-10-24(11-5-1)31-23-32(25-12-6-2-7-13-25)39-36(38-31)29-18-20-30-28(22-29)17-16-26-19-21-33-35(34(26)30)40-37(41-33)27-14-8-3-9-15-27/h1-23,37,40H. The van der Waals surface area contributed by atoms with Crippen molar-refractivity contribution in [2.75, 3.05) is 5.32 Å². The molecule has 4 heteroatoms. The Balaban J connectivity index is 1.26. The fraction of sp³-hybridized carbons (Fsp3) is 0.0270. The van der Waals surface area contributed by atoms with Crippen LogP contribution in [0.3, 0.4) is 0 Å². The molecule has 194 valence electrons. The van der Waals surface area contributed by atoms with Gasteiger partial charge in [0, 0.05) is 27.0 Å². The largest absolute Gasteiger partial charge is 0.368 e. The van der Waals surface area contributed by atoms with Crippen LogP contribution < -0.4 is 5.32 Å². The SMILES string of the molecule is c1ccc(-c2cc(-c3ccccc3)nc(-c3ccc4c(ccc5ccc6c(c54)NC(c4ccccc4)S6)c3)n2)cc1. The van der Waals surface area contributed by atoms with Crippen LogP contribution in [-0.2, 0) is 0 Å². The highest BCUT2D eigenvalue weighted by molar-refractivity contribution is 8.00. The summed E-state index contributed by atoms with van der Waals surface area (Å²) in [5.74, 6) is 0.725. The third-order valence-electron chi connectivity index (χ3n) is 7.71. The van der Waals surface area contributed by atoms with Crippen LogP contribution in [0.2, 0.25) is 0 Å². The van der Waals surface area contributed by atoms with Crippen molar-refractivity contribution in [2.24, 2.45) is 0 Å². The Bertz CT molecular complexity index is 1980. The fourth-order valence-corrected chi connectivity index (χ4v) is 6.82. The van der Waals surface area contributed by atoms with Crippen molar-refractivity contribution in [2.45, 2.75) is 10.3 Å². The van der Waals surface area contributed by atoms with Gasteiger partial charge >= 0.3 is 0 Å². The maximum atomic E-state index is 5.04. The molecular weight excluding hydrogens is 518 g/mol. The summed E-state index contributed by atoms with van der Waals surface area (Å²) in [4.78, 5) is 11.4. The van der Waals surface area contributed by atoms with E-state index in [9.17, 15) is 0 Å². The van der Waals surface area contributed by atoms with Gasteiger partial charge in [-0.1, -0.05) is 133 Å². The van der Waals surface area contributed by atoms with Gasteiger partial charge in [0.15, 0.2) is 5.82 Å². The molecule has 0 radical (unpaired) electrons. The highest BCUT2D eigenvalue weighted by Crippen LogP contribution is 2.50. The lowest BCUT2D eigenvalue weighted by molar-refractivity contribution is 1.14. The fourth-order valence-electron chi connectivity index (χ4n) is 5.67. The number of nitrogens with one attached hydrogen (secondary N) is 1. The normalized spacial score (nSPS) is 14.2. The summed E-state index contributed by atoms with van der Waals surface area (Å²) in [6, 6.07) is 48.9. The lowest BCUT2D eigenvalue weighted by atomic mass is 9.98. The van der Waals surface area contributed by atoms with E-state index in [2.05, 4.69) is 108 Å². The van der Waals surface area contributed by atoms with Crippen LogP contribution in [0, 0.1) is 0 Å². The summed E-state index contributed by atoms with van der Waals surface area (Å²) in [6.07, 6.45) is 0. The van der Waals surface area contributed by atoms with E-state index in [0.717, 1.165) is 33.9 Å². The van der Waals surface area contributed by atoms with Crippen LogP contribution in [0.15, 0.2) is 144 Å². The Hall–Kier alpha value is -4.93. The number of anilines is 1. The first kappa shape index (κ1) is 23.9. The van der Waals surface area contributed by atoms with Crippen molar-refractivity contribution in [3.8, 4) is 33.9 Å². The molecule has 1 atom stereocenters. The Kier molecular flexibility index (Phi) is 5.78. The quantitative estimate of drug-likeness (QED) is 0.224. The number of rotatable bonds is 4. The Morgan fingerprint density at radius 1 is 0.537 bits per heavy atom. The predicted octanol–water partition coefficient (Wildman–Crippen LogP) is 10.0. The zero-order valence-corrected chi connectivity index (χ0v) is 23.0. The molecule has 0 aliphatic carbocycles. The molecule has 0 saturated heterocycles. The summed E-state index contributed by atoms with van der Waals surface area (Å²) in [7, 11) is 0.